The van der Waals surface area contributed by atoms with Crippen LogP contribution in [0.2, 0.25) is 0 Å². The molecule has 7 heteroatoms. The highest BCUT2D eigenvalue weighted by Crippen LogP contribution is 2.28. The van der Waals surface area contributed by atoms with Crippen LogP contribution >= 0.6 is 0 Å². The highest BCUT2D eigenvalue weighted by Gasteiger charge is 2.33. The average molecular weight is 387 g/mol. The van der Waals surface area contributed by atoms with Crippen molar-refractivity contribution in [3.8, 4) is 0 Å². The highest BCUT2D eigenvalue weighted by molar-refractivity contribution is 6.37. The number of nitrogens with one attached hydrogen (secondary N) is 1. The van der Waals surface area contributed by atoms with Crippen LogP contribution in [0, 0.1) is 0 Å². The molecule has 1 N–H and O–H groups in total. The molecule has 0 bridgehead atoms. The number of hydrogen-bond donors (Lipinski definition) is 1. The van der Waals surface area contributed by atoms with Gasteiger partial charge in [0, 0.05) is 43.5 Å². The number of likely N-dealkylation sites (N-methyl/N-ethyl adjacent to an activating group) is 1. The van der Waals surface area contributed by atoms with Crippen LogP contribution in [0.4, 0.5) is 5.69 Å². The first-order valence-corrected chi connectivity index (χ1v) is 10.1. The third-order valence-corrected chi connectivity index (χ3v) is 5.75. The van der Waals surface area contributed by atoms with Crippen molar-refractivity contribution in [3.05, 3.63) is 29.8 Å². The van der Waals surface area contributed by atoms with E-state index in [1.165, 1.54) is 25.7 Å². The maximum absolute atomic E-state index is 12.8. The zero-order valence-electron chi connectivity index (χ0n) is 16.6. The van der Waals surface area contributed by atoms with Crippen molar-refractivity contribution in [2.75, 3.05) is 32.1 Å². The Balaban J connectivity index is 1.55. The molecule has 1 aliphatic carbocycles. The summed E-state index contributed by atoms with van der Waals surface area (Å²) in [5.74, 6) is -1.77. The Morgan fingerprint density at radius 3 is 2.46 bits per heavy atom. The van der Waals surface area contributed by atoms with Crippen LogP contribution in [-0.2, 0) is 14.3 Å². The van der Waals surface area contributed by atoms with Crippen molar-refractivity contribution in [1.82, 2.24) is 9.80 Å². The molecule has 0 radical (unpaired) electrons. The number of nitrogens with zero attached hydrogens (tertiary/aromatic N) is 2. The van der Waals surface area contributed by atoms with E-state index in [1.54, 1.807) is 31.2 Å². The number of carbonyl (C=O) groups excluding carboxylic acids is 3. The maximum Gasteiger partial charge on any atom is 0.397 e. The molecule has 1 unspecified atom stereocenters. The summed E-state index contributed by atoms with van der Waals surface area (Å²) in [6, 6.07) is 7.51. The molecule has 1 atom stereocenters. The summed E-state index contributed by atoms with van der Waals surface area (Å²) in [4.78, 5) is 40.3. The van der Waals surface area contributed by atoms with Gasteiger partial charge in [-0.25, -0.2) is 4.79 Å². The summed E-state index contributed by atoms with van der Waals surface area (Å²) in [5, 5.41) is 2.47. The van der Waals surface area contributed by atoms with Crippen molar-refractivity contribution in [2.45, 2.75) is 51.1 Å². The molecular formula is C21H29N3O4. The fourth-order valence-electron chi connectivity index (χ4n) is 4.13. The Bertz CT molecular complexity index is 713. The predicted molar refractivity (Wildman–Crippen MR) is 106 cm³/mol. The third kappa shape index (κ3) is 4.70. The van der Waals surface area contributed by atoms with Crippen molar-refractivity contribution in [3.63, 3.8) is 0 Å². The van der Waals surface area contributed by atoms with Crippen LogP contribution in [0.25, 0.3) is 0 Å². The van der Waals surface area contributed by atoms with E-state index in [0.29, 0.717) is 17.3 Å². The van der Waals surface area contributed by atoms with E-state index in [1.807, 2.05) is 11.9 Å². The Hall–Kier alpha value is -2.41. The van der Waals surface area contributed by atoms with Gasteiger partial charge in [0.25, 0.3) is 5.91 Å². The lowest BCUT2D eigenvalue weighted by molar-refractivity contribution is -0.152. The molecule has 0 aromatic heterocycles. The number of ether oxygens (including phenoxy) is 1. The lowest BCUT2D eigenvalue weighted by Crippen LogP contribution is -2.40. The number of carbonyl (C=O) groups is 3. The standard InChI is InChI=1S/C21H29N3O4/c1-3-28-21(27)19(25)22-16-10-8-15(9-11-16)20(26)23(2)18-12-13-24(14-18)17-6-4-5-7-17/h8-11,17-18H,3-7,12-14H2,1-2H3,(H,22,25). The monoisotopic (exact) mass is 387 g/mol. The van der Waals surface area contributed by atoms with Crippen molar-refractivity contribution >= 4 is 23.5 Å². The van der Waals surface area contributed by atoms with Gasteiger partial charge in [0.1, 0.15) is 0 Å². The minimum absolute atomic E-state index is 0.0264. The summed E-state index contributed by atoms with van der Waals surface area (Å²) in [5.41, 5.74) is 1.02. The molecule has 28 heavy (non-hydrogen) atoms. The number of rotatable bonds is 5. The number of likely N-dealkylation sites (tertiary alicyclic amines) is 1. The quantitative estimate of drug-likeness (QED) is 0.619. The van der Waals surface area contributed by atoms with Crippen LogP contribution in [0.3, 0.4) is 0 Å². The van der Waals surface area contributed by atoms with Gasteiger partial charge >= 0.3 is 11.9 Å². The summed E-state index contributed by atoms with van der Waals surface area (Å²) < 4.78 is 4.66. The number of benzene rings is 1. The van der Waals surface area contributed by atoms with E-state index >= 15 is 0 Å². The molecule has 152 valence electrons. The largest absolute Gasteiger partial charge is 0.459 e. The molecule has 1 saturated heterocycles. The van der Waals surface area contributed by atoms with Crippen LogP contribution < -0.4 is 5.32 Å². The second kappa shape index (κ2) is 9.19. The fourth-order valence-corrected chi connectivity index (χ4v) is 4.13. The Kier molecular flexibility index (Phi) is 6.67. The van der Waals surface area contributed by atoms with Gasteiger partial charge in [0.2, 0.25) is 0 Å². The Morgan fingerprint density at radius 2 is 1.82 bits per heavy atom. The first-order valence-electron chi connectivity index (χ1n) is 10.1. The van der Waals surface area contributed by atoms with Crippen LogP contribution in [-0.4, -0.2) is 66.4 Å². The average Bonchev–Trinajstić information content (AvgIpc) is 3.39. The molecule has 1 heterocycles. The number of amides is 2. The second-order valence-electron chi connectivity index (χ2n) is 7.54. The summed E-state index contributed by atoms with van der Waals surface area (Å²) in [6.07, 6.45) is 6.21. The fraction of sp³-hybridized carbons (Fsp3) is 0.571. The van der Waals surface area contributed by atoms with Crippen molar-refractivity contribution in [2.24, 2.45) is 0 Å². The van der Waals surface area contributed by atoms with E-state index in [9.17, 15) is 14.4 Å². The van der Waals surface area contributed by atoms with Crippen molar-refractivity contribution in [1.29, 1.82) is 0 Å². The van der Waals surface area contributed by atoms with Gasteiger partial charge in [-0.2, -0.15) is 0 Å². The molecule has 0 spiro atoms. The first kappa shape index (κ1) is 20.3. The predicted octanol–water partition coefficient (Wildman–Crippen LogP) is 2.28. The lowest BCUT2D eigenvalue weighted by Gasteiger charge is -2.27. The zero-order chi connectivity index (χ0) is 20.1. The minimum Gasteiger partial charge on any atom is -0.459 e. The molecule has 2 amide bonds. The highest BCUT2D eigenvalue weighted by atomic mass is 16.5. The third-order valence-electron chi connectivity index (χ3n) is 5.75. The van der Waals surface area contributed by atoms with Crippen LogP contribution in [0.1, 0.15) is 49.4 Å². The smallest absolute Gasteiger partial charge is 0.397 e. The molecule has 7 nitrogen and oxygen atoms in total. The normalized spacial score (nSPS) is 20.1. The Labute approximate surface area is 166 Å². The van der Waals surface area contributed by atoms with E-state index < -0.39 is 11.9 Å². The lowest BCUT2D eigenvalue weighted by atomic mass is 10.1. The second-order valence-corrected chi connectivity index (χ2v) is 7.54. The van der Waals surface area contributed by atoms with Gasteiger partial charge in [-0.3, -0.25) is 14.5 Å². The topological polar surface area (TPSA) is 78.9 Å². The van der Waals surface area contributed by atoms with E-state index in [4.69, 9.17) is 0 Å². The molecule has 1 aromatic carbocycles. The molecule has 2 fully saturated rings. The number of esters is 1. The van der Waals surface area contributed by atoms with Gasteiger partial charge in [0.15, 0.2) is 0 Å². The van der Waals surface area contributed by atoms with Crippen molar-refractivity contribution < 1.29 is 19.1 Å². The zero-order valence-corrected chi connectivity index (χ0v) is 16.6. The van der Waals surface area contributed by atoms with Gasteiger partial charge in [-0.1, -0.05) is 12.8 Å². The Morgan fingerprint density at radius 1 is 1.14 bits per heavy atom. The molecular weight excluding hydrogens is 358 g/mol. The molecule has 3 rings (SSSR count). The maximum atomic E-state index is 12.8. The molecule has 1 aromatic rings. The van der Waals surface area contributed by atoms with E-state index in [-0.39, 0.29) is 18.6 Å². The summed E-state index contributed by atoms with van der Waals surface area (Å²) in [6.45, 7) is 3.79. The van der Waals surface area contributed by atoms with Gasteiger partial charge in [-0.05, 0) is 50.5 Å². The molecule has 1 saturated carbocycles. The van der Waals surface area contributed by atoms with Gasteiger partial charge in [-0.15, -0.1) is 0 Å². The van der Waals surface area contributed by atoms with Crippen LogP contribution in [0.5, 0.6) is 0 Å². The van der Waals surface area contributed by atoms with Gasteiger partial charge < -0.3 is 15.0 Å². The SMILES string of the molecule is CCOC(=O)C(=O)Nc1ccc(C(=O)N(C)C2CCN(C3CCCC3)C2)cc1. The van der Waals surface area contributed by atoms with Crippen LogP contribution in [0.15, 0.2) is 24.3 Å². The summed E-state index contributed by atoms with van der Waals surface area (Å²) in [7, 11) is 1.86. The number of hydrogen-bond acceptors (Lipinski definition) is 5. The van der Waals surface area contributed by atoms with Gasteiger partial charge in [0.05, 0.1) is 6.61 Å². The summed E-state index contributed by atoms with van der Waals surface area (Å²) >= 11 is 0. The van der Waals surface area contributed by atoms with E-state index in [0.717, 1.165) is 19.5 Å². The molecule has 2 aliphatic rings. The number of anilines is 1. The first-order chi connectivity index (χ1) is 13.5. The van der Waals surface area contributed by atoms with E-state index in [2.05, 4.69) is 15.0 Å². The molecule has 1 aliphatic heterocycles. The minimum atomic E-state index is -0.921.